The molecule has 28 heavy (non-hydrogen) atoms. The number of fused-ring (bicyclic) bond motifs is 2. The number of aromatic nitrogens is 6. The smallest absolute Gasteiger partial charge is 0.241 e. The van der Waals surface area contributed by atoms with Crippen LogP contribution in [0.4, 0.5) is 5.95 Å². The first kappa shape index (κ1) is 17.1. The van der Waals surface area contributed by atoms with Gasteiger partial charge in [0.15, 0.2) is 5.65 Å². The van der Waals surface area contributed by atoms with Crippen molar-refractivity contribution in [1.29, 1.82) is 0 Å². The molecule has 5 rings (SSSR count). The number of nitrogens with one attached hydrogen (secondary N) is 2. The van der Waals surface area contributed by atoms with Crippen molar-refractivity contribution in [3.8, 4) is 11.3 Å². The number of imidazole rings is 1. The summed E-state index contributed by atoms with van der Waals surface area (Å²) in [6.07, 6.45) is 6.03. The third kappa shape index (κ3) is 2.72. The minimum absolute atomic E-state index is 0.437. The first-order chi connectivity index (χ1) is 13.7. The molecule has 8 nitrogen and oxygen atoms in total. The van der Waals surface area contributed by atoms with Gasteiger partial charge in [-0.2, -0.15) is 0 Å². The fourth-order valence-electron chi connectivity index (χ4n) is 3.98. The summed E-state index contributed by atoms with van der Waals surface area (Å²) in [5.74, 6) is 1.65. The summed E-state index contributed by atoms with van der Waals surface area (Å²) in [5, 5.41) is 11.3. The molecule has 4 heterocycles. The number of nitrogens with zero attached hydrogens (tertiary/aromatic N) is 6. The fraction of sp³-hybridized carbons (Fsp3) is 0.400. The number of anilines is 1. The van der Waals surface area contributed by atoms with Gasteiger partial charge >= 0.3 is 0 Å². The van der Waals surface area contributed by atoms with E-state index in [1.807, 2.05) is 49.1 Å². The van der Waals surface area contributed by atoms with E-state index in [4.69, 9.17) is 4.98 Å². The third-order valence-corrected chi connectivity index (χ3v) is 5.67. The van der Waals surface area contributed by atoms with Crippen LogP contribution >= 0.6 is 0 Å². The van der Waals surface area contributed by atoms with Crippen molar-refractivity contribution in [3.63, 3.8) is 0 Å². The van der Waals surface area contributed by atoms with Gasteiger partial charge in [0.05, 0.1) is 17.4 Å². The molecule has 1 fully saturated rings. The van der Waals surface area contributed by atoms with Crippen molar-refractivity contribution in [2.24, 2.45) is 0 Å². The van der Waals surface area contributed by atoms with Crippen molar-refractivity contribution in [1.82, 2.24) is 34.4 Å². The quantitative estimate of drug-likeness (QED) is 0.557. The molecule has 0 aliphatic heterocycles. The van der Waals surface area contributed by atoms with Crippen LogP contribution in [0, 0.1) is 6.92 Å². The lowest BCUT2D eigenvalue weighted by Crippen LogP contribution is -2.46. The van der Waals surface area contributed by atoms with Crippen molar-refractivity contribution in [2.45, 2.75) is 45.3 Å². The molecular formula is C20H24N8. The minimum atomic E-state index is 0.437. The van der Waals surface area contributed by atoms with Gasteiger partial charge in [0.2, 0.25) is 5.95 Å². The predicted molar refractivity (Wildman–Crippen MR) is 109 cm³/mol. The summed E-state index contributed by atoms with van der Waals surface area (Å²) in [7, 11) is 2.00. The molecule has 4 aromatic heterocycles. The zero-order chi connectivity index (χ0) is 19.3. The second-order valence-electron chi connectivity index (χ2n) is 7.38. The lowest BCUT2D eigenvalue weighted by molar-refractivity contribution is 0.325. The van der Waals surface area contributed by atoms with Gasteiger partial charge in [-0.15, -0.1) is 5.10 Å². The van der Waals surface area contributed by atoms with E-state index in [9.17, 15) is 0 Å². The third-order valence-electron chi connectivity index (χ3n) is 5.67. The summed E-state index contributed by atoms with van der Waals surface area (Å²) in [4.78, 5) is 14.0. The molecule has 0 spiro atoms. The summed E-state index contributed by atoms with van der Waals surface area (Å²) in [5.41, 5.74) is 4.71. The van der Waals surface area contributed by atoms with Gasteiger partial charge in [-0.3, -0.25) is 0 Å². The predicted octanol–water partition coefficient (Wildman–Crippen LogP) is 2.63. The maximum absolute atomic E-state index is 4.88. The molecule has 0 atom stereocenters. The van der Waals surface area contributed by atoms with Gasteiger partial charge in [-0.05, 0) is 51.9 Å². The molecule has 2 N–H and O–H groups in total. The molecule has 8 heteroatoms. The Hall–Kier alpha value is -3.00. The second kappa shape index (κ2) is 6.56. The van der Waals surface area contributed by atoms with Crippen LogP contribution in [0.5, 0.6) is 0 Å². The zero-order valence-electron chi connectivity index (χ0n) is 16.3. The maximum atomic E-state index is 4.88. The van der Waals surface area contributed by atoms with Crippen LogP contribution in [0.2, 0.25) is 0 Å². The van der Waals surface area contributed by atoms with Crippen LogP contribution in [-0.4, -0.2) is 48.3 Å². The summed E-state index contributed by atoms with van der Waals surface area (Å²) in [6.45, 7) is 4.98. The van der Waals surface area contributed by atoms with Gasteiger partial charge in [-0.25, -0.2) is 19.5 Å². The number of hydrogen-bond donors (Lipinski definition) is 2. The van der Waals surface area contributed by atoms with Crippen molar-refractivity contribution < 1.29 is 0 Å². The highest BCUT2D eigenvalue weighted by Gasteiger charge is 2.28. The standard InChI is InChI=1S/C20H24N8/c1-4-27-12(2)23-17-6-5-16(25-19(17)27)15-7-8-28-18(15)11-22-20(26-28)24-14-9-13(10-14)21-3/h5-8,11,13-14,21H,4,9-10H2,1-3H3,(H,24,26)/t13-,14+. The van der Waals surface area contributed by atoms with Crippen molar-refractivity contribution in [2.75, 3.05) is 12.4 Å². The molecule has 1 saturated carbocycles. The van der Waals surface area contributed by atoms with Crippen LogP contribution < -0.4 is 10.6 Å². The Labute approximate surface area is 163 Å². The van der Waals surface area contributed by atoms with E-state index < -0.39 is 0 Å². The van der Waals surface area contributed by atoms with Gasteiger partial charge in [-0.1, -0.05) is 0 Å². The van der Waals surface area contributed by atoms with E-state index >= 15 is 0 Å². The van der Waals surface area contributed by atoms with Crippen LogP contribution in [0.1, 0.15) is 25.6 Å². The maximum Gasteiger partial charge on any atom is 0.241 e. The lowest BCUT2D eigenvalue weighted by Gasteiger charge is -2.35. The lowest BCUT2D eigenvalue weighted by atomic mass is 9.87. The van der Waals surface area contributed by atoms with E-state index in [2.05, 4.69) is 37.2 Å². The van der Waals surface area contributed by atoms with Crippen LogP contribution in [0.3, 0.4) is 0 Å². The molecule has 4 aromatic rings. The molecule has 0 aromatic carbocycles. The van der Waals surface area contributed by atoms with E-state index in [-0.39, 0.29) is 0 Å². The van der Waals surface area contributed by atoms with Crippen molar-refractivity contribution >= 4 is 22.6 Å². The molecular weight excluding hydrogens is 352 g/mol. The normalized spacial score (nSPS) is 19.2. The summed E-state index contributed by atoms with van der Waals surface area (Å²) in [6, 6.07) is 7.13. The van der Waals surface area contributed by atoms with Crippen LogP contribution in [-0.2, 0) is 6.54 Å². The van der Waals surface area contributed by atoms with E-state index in [1.165, 1.54) is 0 Å². The molecule has 0 saturated heterocycles. The molecule has 144 valence electrons. The first-order valence-electron chi connectivity index (χ1n) is 9.78. The van der Waals surface area contributed by atoms with Gasteiger partial charge in [0, 0.05) is 30.4 Å². The Kier molecular flexibility index (Phi) is 4.01. The average molecular weight is 376 g/mol. The van der Waals surface area contributed by atoms with Gasteiger partial charge < -0.3 is 15.2 Å². The number of hydrogen-bond acceptors (Lipinski definition) is 6. The minimum Gasteiger partial charge on any atom is -0.350 e. The highest BCUT2D eigenvalue weighted by molar-refractivity contribution is 5.82. The van der Waals surface area contributed by atoms with E-state index in [0.717, 1.165) is 53.1 Å². The molecule has 0 bridgehead atoms. The number of aryl methyl sites for hydroxylation is 2. The zero-order valence-corrected chi connectivity index (χ0v) is 16.3. The molecule has 1 aliphatic rings. The largest absolute Gasteiger partial charge is 0.350 e. The van der Waals surface area contributed by atoms with Crippen molar-refractivity contribution in [3.05, 3.63) is 36.4 Å². The second-order valence-corrected chi connectivity index (χ2v) is 7.38. The Morgan fingerprint density at radius 3 is 2.79 bits per heavy atom. The van der Waals surface area contributed by atoms with E-state index in [0.29, 0.717) is 18.0 Å². The molecule has 0 unspecified atom stereocenters. The number of rotatable bonds is 5. The molecule has 0 radical (unpaired) electrons. The van der Waals surface area contributed by atoms with E-state index in [1.54, 1.807) is 0 Å². The Morgan fingerprint density at radius 1 is 1.14 bits per heavy atom. The molecule has 0 amide bonds. The monoisotopic (exact) mass is 376 g/mol. The average Bonchev–Trinajstić information content (AvgIpc) is 3.23. The first-order valence-corrected chi connectivity index (χ1v) is 9.78. The fourth-order valence-corrected chi connectivity index (χ4v) is 3.98. The summed E-state index contributed by atoms with van der Waals surface area (Å²) < 4.78 is 4.00. The Bertz CT molecular complexity index is 1150. The van der Waals surface area contributed by atoms with Gasteiger partial charge in [0.25, 0.3) is 0 Å². The highest BCUT2D eigenvalue weighted by Crippen LogP contribution is 2.27. The summed E-state index contributed by atoms with van der Waals surface area (Å²) >= 11 is 0. The van der Waals surface area contributed by atoms with Crippen LogP contribution in [0.15, 0.2) is 30.6 Å². The highest BCUT2D eigenvalue weighted by atomic mass is 15.3. The Morgan fingerprint density at radius 2 is 2.00 bits per heavy atom. The SMILES string of the molecule is CCn1c(C)nc2ccc(-c3ccn4nc(N[C@H]5C[C@@H](NC)C5)ncc34)nc21. The molecule has 1 aliphatic carbocycles. The van der Waals surface area contributed by atoms with Crippen LogP contribution in [0.25, 0.3) is 27.9 Å². The van der Waals surface area contributed by atoms with Gasteiger partial charge in [0.1, 0.15) is 11.3 Å². The Balaban J connectivity index is 1.47. The topological polar surface area (TPSA) is 85.0 Å². The number of pyridine rings is 1.